The van der Waals surface area contributed by atoms with Crippen LogP contribution in [0.2, 0.25) is 0 Å². The van der Waals surface area contributed by atoms with Crippen LogP contribution in [0.25, 0.3) is 5.57 Å². The molecular weight excluding hydrogens is 298 g/mol. The Morgan fingerprint density at radius 1 is 1.48 bits per heavy atom. The maximum atomic E-state index is 11.9. The SMILES string of the molecule is CC(C)(C)OC(=O)NC1C=C(c2ccncc2[N+](=O)[O-])CCC1. The Balaban J connectivity index is 2.17. The molecular formula is C16H21N3O4. The molecule has 124 valence electrons. The molecule has 0 bridgehead atoms. The van der Waals surface area contributed by atoms with E-state index in [9.17, 15) is 14.9 Å². The minimum atomic E-state index is -0.560. The highest BCUT2D eigenvalue weighted by atomic mass is 16.6. The summed E-state index contributed by atoms with van der Waals surface area (Å²) in [5.41, 5.74) is 0.832. The van der Waals surface area contributed by atoms with Gasteiger partial charge in [0.2, 0.25) is 0 Å². The third-order valence-electron chi connectivity index (χ3n) is 3.41. The van der Waals surface area contributed by atoms with Crippen LogP contribution < -0.4 is 5.32 Å². The van der Waals surface area contributed by atoms with Gasteiger partial charge in [0.1, 0.15) is 11.8 Å². The fourth-order valence-electron chi connectivity index (χ4n) is 2.52. The van der Waals surface area contributed by atoms with Crippen LogP contribution in [0.4, 0.5) is 10.5 Å². The first-order chi connectivity index (χ1) is 10.8. The lowest BCUT2D eigenvalue weighted by molar-refractivity contribution is -0.385. The Morgan fingerprint density at radius 3 is 2.87 bits per heavy atom. The highest BCUT2D eigenvalue weighted by Crippen LogP contribution is 2.32. The van der Waals surface area contributed by atoms with Crippen LogP contribution in [0.1, 0.15) is 45.6 Å². The summed E-state index contributed by atoms with van der Waals surface area (Å²) in [7, 11) is 0. The number of nitrogens with one attached hydrogen (secondary N) is 1. The standard InChI is InChI=1S/C16H21N3O4/c1-16(2,3)23-15(20)18-12-6-4-5-11(9-12)13-7-8-17-10-14(13)19(21)22/h7-10,12H,4-6H2,1-3H3,(H,18,20). The van der Waals surface area contributed by atoms with Crippen molar-refractivity contribution in [1.29, 1.82) is 0 Å². The smallest absolute Gasteiger partial charge is 0.408 e. The molecule has 0 radical (unpaired) electrons. The average Bonchev–Trinajstić information content (AvgIpc) is 2.45. The molecule has 1 atom stereocenters. The van der Waals surface area contributed by atoms with Crippen LogP contribution in [-0.4, -0.2) is 27.6 Å². The molecule has 0 aliphatic heterocycles. The zero-order valence-electron chi connectivity index (χ0n) is 13.5. The van der Waals surface area contributed by atoms with Crippen LogP contribution in [0.5, 0.6) is 0 Å². The van der Waals surface area contributed by atoms with Crippen molar-refractivity contribution in [2.45, 2.75) is 51.7 Å². The molecule has 2 rings (SSSR count). The number of ether oxygens (including phenoxy) is 1. The summed E-state index contributed by atoms with van der Waals surface area (Å²) < 4.78 is 5.25. The van der Waals surface area contributed by atoms with Gasteiger partial charge >= 0.3 is 6.09 Å². The quantitative estimate of drug-likeness (QED) is 0.680. The number of carbonyl (C=O) groups is 1. The summed E-state index contributed by atoms with van der Waals surface area (Å²) in [4.78, 5) is 26.4. The van der Waals surface area contributed by atoms with Gasteiger partial charge in [0.15, 0.2) is 0 Å². The van der Waals surface area contributed by atoms with Gasteiger partial charge in [0, 0.05) is 6.20 Å². The second kappa shape index (κ2) is 6.76. The molecule has 1 heterocycles. The van der Waals surface area contributed by atoms with Crippen molar-refractivity contribution in [3.8, 4) is 0 Å². The Labute approximate surface area is 134 Å². The monoisotopic (exact) mass is 319 g/mol. The van der Waals surface area contributed by atoms with E-state index < -0.39 is 16.6 Å². The molecule has 1 amide bonds. The van der Waals surface area contributed by atoms with E-state index in [2.05, 4.69) is 10.3 Å². The number of alkyl carbamates (subject to hydrolysis) is 1. The van der Waals surface area contributed by atoms with Crippen LogP contribution in [-0.2, 0) is 4.74 Å². The predicted molar refractivity (Wildman–Crippen MR) is 85.9 cm³/mol. The third-order valence-corrected chi connectivity index (χ3v) is 3.41. The number of hydrogen-bond acceptors (Lipinski definition) is 5. The van der Waals surface area contributed by atoms with Crippen molar-refractivity contribution in [3.05, 3.63) is 40.2 Å². The minimum absolute atomic E-state index is 0.0170. The fraction of sp³-hybridized carbons (Fsp3) is 0.500. The molecule has 0 saturated heterocycles. The summed E-state index contributed by atoms with van der Waals surface area (Å²) in [6.07, 6.45) is 6.53. The number of hydrogen-bond donors (Lipinski definition) is 1. The van der Waals surface area contributed by atoms with Crippen molar-refractivity contribution < 1.29 is 14.5 Å². The van der Waals surface area contributed by atoms with Crippen molar-refractivity contribution in [1.82, 2.24) is 10.3 Å². The van der Waals surface area contributed by atoms with E-state index in [-0.39, 0.29) is 11.7 Å². The van der Waals surface area contributed by atoms with Crippen molar-refractivity contribution in [3.63, 3.8) is 0 Å². The number of allylic oxidation sites excluding steroid dienone is 1. The van der Waals surface area contributed by atoms with E-state index >= 15 is 0 Å². The molecule has 1 aromatic heterocycles. The second-order valence-corrected chi connectivity index (χ2v) is 6.49. The highest BCUT2D eigenvalue weighted by Gasteiger charge is 2.24. The number of carbonyl (C=O) groups excluding carboxylic acids is 1. The molecule has 1 N–H and O–H groups in total. The predicted octanol–water partition coefficient (Wildman–Crippen LogP) is 3.45. The number of nitro groups is 1. The summed E-state index contributed by atoms with van der Waals surface area (Å²) in [5, 5.41) is 13.9. The Kier molecular flexibility index (Phi) is 4.98. The molecule has 1 aliphatic carbocycles. The highest BCUT2D eigenvalue weighted by molar-refractivity contribution is 5.74. The maximum Gasteiger partial charge on any atom is 0.408 e. The molecule has 1 aromatic rings. The largest absolute Gasteiger partial charge is 0.444 e. The zero-order valence-corrected chi connectivity index (χ0v) is 13.5. The van der Waals surface area contributed by atoms with Crippen molar-refractivity contribution in [2.75, 3.05) is 0 Å². The number of amides is 1. The molecule has 1 aliphatic rings. The molecule has 7 heteroatoms. The second-order valence-electron chi connectivity index (χ2n) is 6.49. The minimum Gasteiger partial charge on any atom is -0.444 e. The summed E-state index contributed by atoms with van der Waals surface area (Å²) >= 11 is 0. The summed E-state index contributed by atoms with van der Waals surface area (Å²) in [6, 6.07) is 1.45. The lowest BCUT2D eigenvalue weighted by Crippen LogP contribution is -2.39. The van der Waals surface area contributed by atoms with Gasteiger partial charge < -0.3 is 10.1 Å². The van der Waals surface area contributed by atoms with Gasteiger partial charge in [-0.2, -0.15) is 0 Å². The van der Waals surface area contributed by atoms with E-state index in [4.69, 9.17) is 4.74 Å². The van der Waals surface area contributed by atoms with Gasteiger partial charge in [-0.15, -0.1) is 0 Å². The molecule has 7 nitrogen and oxygen atoms in total. The van der Waals surface area contributed by atoms with Gasteiger partial charge in [-0.25, -0.2) is 4.79 Å². The first kappa shape index (κ1) is 16.9. The van der Waals surface area contributed by atoms with E-state index in [0.717, 1.165) is 24.8 Å². The molecule has 0 spiro atoms. The van der Waals surface area contributed by atoms with E-state index in [0.29, 0.717) is 5.56 Å². The normalized spacial score (nSPS) is 18.0. The zero-order chi connectivity index (χ0) is 17.0. The molecule has 0 saturated carbocycles. The van der Waals surface area contributed by atoms with Gasteiger partial charge in [-0.1, -0.05) is 6.08 Å². The third kappa shape index (κ3) is 4.77. The molecule has 1 unspecified atom stereocenters. The van der Waals surface area contributed by atoms with E-state index in [1.807, 2.05) is 6.08 Å². The average molecular weight is 319 g/mol. The number of aromatic nitrogens is 1. The Hall–Kier alpha value is -2.44. The van der Waals surface area contributed by atoms with E-state index in [1.54, 1.807) is 26.8 Å². The van der Waals surface area contributed by atoms with Crippen molar-refractivity contribution >= 4 is 17.4 Å². The number of nitrogens with zero attached hydrogens (tertiary/aromatic N) is 2. The van der Waals surface area contributed by atoms with Crippen LogP contribution in [0, 0.1) is 10.1 Å². The maximum absolute atomic E-state index is 11.9. The topological polar surface area (TPSA) is 94.4 Å². The van der Waals surface area contributed by atoms with Gasteiger partial charge in [0.25, 0.3) is 5.69 Å². The van der Waals surface area contributed by atoms with E-state index in [1.165, 1.54) is 12.4 Å². The fourth-order valence-corrected chi connectivity index (χ4v) is 2.52. The van der Waals surface area contributed by atoms with Crippen molar-refractivity contribution in [2.24, 2.45) is 0 Å². The van der Waals surface area contributed by atoms with Gasteiger partial charge in [-0.3, -0.25) is 15.1 Å². The van der Waals surface area contributed by atoms with Gasteiger partial charge in [-0.05, 0) is 51.7 Å². The van der Waals surface area contributed by atoms with Crippen LogP contribution in [0.3, 0.4) is 0 Å². The van der Waals surface area contributed by atoms with Crippen LogP contribution in [0.15, 0.2) is 24.5 Å². The number of pyridine rings is 1. The summed E-state index contributed by atoms with van der Waals surface area (Å²) in [5.74, 6) is 0. The first-order valence-electron chi connectivity index (χ1n) is 7.55. The summed E-state index contributed by atoms with van der Waals surface area (Å²) in [6.45, 7) is 5.40. The number of rotatable bonds is 3. The first-order valence-corrected chi connectivity index (χ1v) is 7.55. The Bertz CT molecular complexity index is 634. The lowest BCUT2D eigenvalue weighted by Gasteiger charge is -2.25. The lowest BCUT2D eigenvalue weighted by atomic mass is 9.91. The van der Waals surface area contributed by atoms with Gasteiger partial charge in [0.05, 0.1) is 16.5 Å². The molecule has 0 aromatic carbocycles. The Morgan fingerprint density at radius 2 is 2.22 bits per heavy atom. The molecule has 0 fully saturated rings. The molecule has 23 heavy (non-hydrogen) atoms. The van der Waals surface area contributed by atoms with Crippen LogP contribution >= 0.6 is 0 Å².